The van der Waals surface area contributed by atoms with E-state index in [4.69, 9.17) is 9.47 Å². The van der Waals surface area contributed by atoms with Crippen LogP contribution >= 0.6 is 0 Å². The summed E-state index contributed by atoms with van der Waals surface area (Å²) in [5.74, 6) is -1.03. The summed E-state index contributed by atoms with van der Waals surface area (Å²) in [5.41, 5.74) is 0.646. The molecule has 1 heterocycles. The minimum atomic E-state index is -3.39. The van der Waals surface area contributed by atoms with Crippen LogP contribution in [0, 0.1) is 11.6 Å². The number of nitrogens with one attached hydrogen (secondary N) is 1. The molecule has 1 unspecified atom stereocenters. The summed E-state index contributed by atoms with van der Waals surface area (Å²) in [6.45, 7) is 0.459. The second-order valence-corrected chi connectivity index (χ2v) is 7.96. The molecule has 26 heavy (non-hydrogen) atoms. The number of halogens is 2. The van der Waals surface area contributed by atoms with Gasteiger partial charge in [0.15, 0.2) is 21.4 Å². The van der Waals surface area contributed by atoms with Crippen molar-refractivity contribution >= 4 is 9.84 Å². The standard InChI is InChI=1S/C18H19F2NO4S/c1-24-16-4-2-3-13-15(7-10-26(22,23)18(13)16)21-8-9-25-17-11-12(19)5-6-14(17)20/h2-6,11,15,21H,7-10H2,1H3. The Morgan fingerprint density at radius 3 is 2.77 bits per heavy atom. The Morgan fingerprint density at radius 1 is 1.19 bits per heavy atom. The van der Waals surface area contributed by atoms with Gasteiger partial charge in [0, 0.05) is 18.7 Å². The van der Waals surface area contributed by atoms with Crippen LogP contribution in [0.5, 0.6) is 11.5 Å². The van der Waals surface area contributed by atoms with Crippen molar-refractivity contribution < 1.29 is 26.7 Å². The van der Waals surface area contributed by atoms with Gasteiger partial charge in [-0.2, -0.15) is 0 Å². The van der Waals surface area contributed by atoms with Crippen LogP contribution in [-0.2, 0) is 9.84 Å². The van der Waals surface area contributed by atoms with Crippen molar-refractivity contribution in [1.29, 1.82) is 0 Å². The summed E-state index contributed by atoms with van der Waals surface area (Å²) in [6.07, 6.45) is 0.414. The molecule has 0 aliphatic carbocycles. The molecule has 0 spiro atoms. The number of hydrogen-bond donors (Lipinski definition) is 1. The van der Waals surface area contributed by atoms with Gasteiger partial charge in [-0.25, -0.2) is 17.2 Å². The lowest BCUT2D eigenvalue weighted by Gasteiger charge is -2.27. The Bertz CT molecular complexity index is 902. The maximum Gasteiger partial charge on any atom is 0.182 e. The molecule has 1 aliphatic rings. The van der Waals surface area contributed by atoms with Gasteiger partial charge in [-0.1, -0.05) is 12.1 Å². The molecule has 0 amide bonds. The van der Waals surface area contributed by atoms with Crippen LogP contribution in [0.25, 0.3) is 0 Å². The first-order valence-corrected chi connectivity index (χ1v) is 9.78. The van der Waals surface area contributed by atoms with Crippen molar-refractivity contribution in [2.75, 3.05) is 26.0 Å². The van der Waals surface area contributed by atoms with Gasteiger partial charge in [-0.15, -0.1) is 0 Å². The van der Waals surface area contributed by atoms with Gasteiger partial charge in [0.2, 0.25) is 0 Å². The van der Waals surface area contributed by atoms with Crippen molar-refractivity contribution in [3.63, 3.8) is 0 Å². The minimum Gasteiger partial charge on any atom is -0.495 e. The molecule has 1 aliphatic heterocycles. The molecule has 1 atom stereocenters. The Morgan fingerprint density at radius 2 is 2.00 bits per heavy atom. The minimum absolute atomic E-state index is 0.0113. The van der Waals surface area contributed by atoms with Crippen LogP contribution in [0.15, 0.2) is 41.3 Å². The van der Waals surface area contributed by atoms with E-state index in [-0.39, 0.29) is 29.0 Å². The lowest BCUT2D eigenvalue weighted by molar-refractivity contribution is 0.288. The Kier molecular flexibility index (Phi) is 5.43. The zero-order chi connectivity index (χ0) is 18.7. The fourth-order valence-electron chi connectivity index (χ4n) is 3.03. The topological polar surface area (TPSA) is 64.6 Å². The fraction of sp³-hybridized carbons (Fsp3) is 0.333. The Hall–Kier alpha value is -2.19. The van der Waals surface area contributed by atoms with Crippen molar-refractivity contribution in [3.8, 4) is 11.5 Å². The molecule has 0 radical (unpaired) electrons. The van der Waals surface area contributed by atoms with Crippen molar-refractivity contribution in [2.45, 2.75) is 17.4 Å². The molecule has 2 aromatic carbocycles. The summed E-state index contributed by atoms with van der Waals surface area (Å²) in [6, 6.07) is 7.94. The smallest absolute Gasteiger partial charge is 0.182 e. The van der Waals surface area contributed by atoms with Gasteiger partial charge in [-0.05, 0) is 30.2 Å². The number of ether oxygens (including phenoxy) is 2. The van der Waals surface area contributed by atoms with Gasteiger partial charge in [0.1, 0.15) is 23.1 Å². The van der Waals surface area contributed by atoms with E-state index in [2.05, 4.69) is 5.32 Å². The third-order valence-electron chi connectivity index (χ3n) is 4.23. The number of fused-ring (bicyclic) bond motifs is 1. The summed E-state index contributed by atoms with van der Waals surface area (Å²) in [4.78, 5) is 0.211. The van der Waals surface area contributed by atoms with Crippen LogP contribution in [0.1, 0.15) is 18.0 Å². The number of methoxy groups -OCH3 is 1. The summed E-state index contributed by atoms with van der Waals surface area (Å²) >= 11 is 0. The predicted molar refractivity (Wildman–Crippen MR) is 92.3 cm³/mol. The third kappa shape index (κ3) is 3.81. The fourth-order valence-corrected chi connectivity index (χ4v) is 4.80. The maximum atomic E-state index is 13.5. The van der Waals surface area contributed by atoms with Crippen LogP contribution < -0.4 is 14.8 Å². The van der Waals surface area contributed by atoms with E-state index >= 15 is 0 Å². The van der Waals surface area contributed by atoms with E-state index in [0.717, 1.165) is 18.2 Å². The predicted octanol–water partition coefficient (Wildman–Crippen LogP) is 2.86. The molecule has 3 rings (SSSR count). The lowest BCUT2D eigenvalue weighted by atomic mass is 10.0. The maximum absolute atomic E-state index is 13.5. The molecule has 5 nitrogen and oxygen atoms in total. The average molecular weight is 383 g/mol. The number of benzene rings is 2. The van der Waals surface area contributed by atoms with E-state index in [1.165, 1.54) is 7.11 Å². The quantitative estimate of drug-likeness (QED) is 0.777. The first-order valence-electron chi connectivity index (χ1n) is 8.13. The highest BCUT2D eigenvalue weighted by molar-refractivity contribution is 7.91. The second-order valence-electron chi connectivity index (χ2n) is 5.92. The molecule has 0 aromatic heterocycles. The van der Waals surface area contributed by atoms with Crippen molar-refractivity contribution in [2.24, 2.45) is 0 Å². The van der Waals surface area contributed by atoms with Gasteiger partial charge in [-0.3, -0.25) is 0 Å². The molecule has 1 N–H and O–H groups in total. The van der Waals surface area contributed by atoms with E-state index < -0.39 is 21.5 Å². The first kappa shape index (κ1) is 18.6. The van der Waals surface area contributed by atoms with Crippen molar-refractivity contribution in [3.05, 3.63) is 53.6 Å². The molecule has 0 bridgehead atoms. The van der Waals surface area contributed by atoms with E-state index in [0.29, 0.717) is 24.3 Å². The monoisotopic (exact) mass is 383 g/mol. The van der Waals surface area contributed by atoms with Crippen LogP contribution in [-0.4, -0.2) is 34.4 Å². The number of rotatable bonds is 6. The average Bonchev–Trinajstić information content (AvgIpc) is 2.62. The van der Waals surface area contributed by atoms with Gasteiger partial charge >= 0.3 is 0 Å². The molecular formula is C18H19F2NO4S. The third-order valence-corrected chi connectivity index (χ3v) is 6.07. The molecule has 8 heteroatoms. The van der Waals surface area contributed by atoms with Gasteiger partial charge in [0.25, 0.3) is 0 Å². The highest BCUT2D eigenvalue weighted by atomic mass is 32.2. The molecule has 0 fully saturated rings. The van der Waals surface area contributed by atoms with Crippen LogP contribution in [0.3, 0.4) is 0 Å². The van der Waals surface area contributed by atoms with Crippen molar-refractivity contribution in [1.82, 2.24) is 5.32 Å². The first-order chi connectivity index (χ1) is 12.4. The molecule has 140 valence electrons. The summed E-state index contributed by atoms with van der Waals surface area (Å²) in [7, 11) is -1.96. The highest BCUT2D eigenvalue weighted by Crippen LogP contribution is 2.37. The van der Waals surface area contributed by atoms with E-state index in [1.54, 1.807) is 18.2 Å². The molecule has 0 saturated heterocycles. The molecule has 0 saturated carbocycles. The number of sulfone groups is 1. The zero-order valence-electron chi connectivity index (χ0n) is 14.2. The summed E-state index contributed by atoms with van der Waals surface area (Å²) in [5, 5.41) is 3.21. The molecular weight excluding hydrogens is 364 g/mol. The largest absolute Gasteiger partial charge is 0.495 e. The highest BCUT2D eigenvalue weighted by Gasteiger charge is 2.32. The Labute approximate surface area is 150 Å². The van der Waals surface area contributed by atoms with E-state index in [9.17, 15) is 17.2 Å². The normalized spacial score (nSPS) is 18.2. The Balaban J connectivity index is 1.67. The number of hydrogen-bond acceptors (Lipinski definition) is 5. The summed E-state index contributed by atoms with van der Waals surface area (Å²) < 4.78 is 61.9. The second kappa shape index (κ2) is 7.59. The van der Waals surface area contributed by atoms with Crippen LogP contribution in [0.4, 0.5) is 8.78 Å². The zero-order valence-corrected chi connectivity index (χ0v) is 15.0. The van der Waals surface area contributed by atoms with Gasteiger partial charge in [0.05, 0.1) is 12.9 Å². The molecule has 2 aromatic rings. The van der Waals surface area contributed by atoms with E-state index in [1.807, 2.05) is 0 Å². The lowest BCUT2D eigenvalue weighted by Crippen LogP contribution is -2.32. The van der Waals surface area contributed by atoms with Crippen LogP contribution in [0.2, 0.25) is 0 Å². The van der Waals surface area contributed by atoms with Gasteiger partial charge < -0.3 is 14.8 Å². The SMILES string of the molecule is COc1cccc2c1S(=O)(=O)CCC2NCCOc1cc(F)ccc1F.